The summed E-state index contributed by atoms with van der Waals surface area (Å²) < 4.78 is 10.8. The fourth-order valence-electron chi connectivity index (χ4n) is 3.41. The molecule has 3 rings (SSSR count). The molecule has 0 saturated carbocycles. The summed E-state index contributed by atoms with van der Waals surface area (Å²) in [5, 5.41) is 3.36. The summed E-state index contributed by atoms with van der Waals surface area (Å²) in [6.07, 6.45) is 0.409. The third-order valence-electron chi connectivity index (χ3n) is 4.63. The van der Waals surface area contributed by atoms with E-state index >= 15 is 0 Å². The van der Waals surface area contributed by atoms with Gasteiger partial charge in [0.15, 0.2) is 6.61 Å². The van der Waals surface area contributed by atoms with Gasteiger partial charge in [0.2, 0.25) is 0 Å². The normalized spacial score (nSPS) is 19.3. The van der Waals surface area contributed by atoms with Crippen LogP contribution in [0.3, 0.4) is 0 Å². The molecule has 2 unspecified atom stereocenters. The maximum atomic E-state index is 12.2. The summed E-state index contributed by atoms with van der Waals surface area (Å²) in [5.41, 5.74) is 1.85. The average Bonchev–Trinajstić information content (AvgIpc) is 2.69. The maximum Gasteiger partial charge on any atom is 0.338 e. The van der Waals surface area contributed by atoms with E-state index in [0.29, 0.717) is 21.3 Å². The number of morpholine rings is 1. The smallest absolute Gasteiger partial charge is 0.338 e. The van der Waals surface area contributed by atoms with Crippen molar-refractivity contribution in [1.82, 2.24) is 4.90 Å². The van der Waals surface area contributed by atoms with E-state index in [1.807, 2.05) is 12.1 Å². The van der Waals surface area contributed by atoms with Gasteiger partial charge in [0, 0.05) is 24.7 Å². The van der Waals surface area contributed by atoms with Crippen LogP contribution in [-0.2, 0) is 20.8 Å². The van der Waals surface area contributed by atoms with Gasteiger partial charge in [0.05, 0.1) is 28.5 Å². The van der Waals surface area contributed by atoms with Crippen LogP contribution < -0.4 is 5.32 Å². The van der Waals surface area contributed by atoms with Gasteiger partial charge in [0.1, 0.15) is 0 Å². The summed E-state index contributed by atoms with van der Waals surface area (Å²) in [7, 11) is 0. The van der Waals surface area contributed by atoms with E-state index in [-0.39, 0.29) is 12.2 Å². The van der Waals surface area contributed by atoms with Gasteiger partial charge >= 0.3 is 5.97 Å². The number of hydrogen-bond acceptors (Lipinski definition) is 5. The first-order chi connectivity index (χ1) is 14.3. The molecule has 1 N–H and O–H groups in total. The number of nitrogens with one attached hydrogen (secondary N) is 1. The molecule has 8 heteroatoms. The number of carbonyl (C=O) groups excluding carboxylic acids is 2. The third-order valence-corrected chi connectivity index (χ3v) is 5.19. The second kappa shape index (κ2) is 10.3. The maximum absolute atomic E-state index is 12.2. The van der Waals surface area contributed by atoms with Gasteiger partial charge in [-0.15, -0.1) is 0 Å². The largest absolute Gasteiger partial charge is 0.452 e. The summed E-state index contributed by atoms with van der Waals surface area (Å²) in [6, 6.07) is 11.9. The Labute approximate surface area is 186 Å². The second-order valence-electron chi connectivity index (χ2n) is 7.40. The van der Waals surface area contributed by atoms with Gasteiger partial charge in [-0.25, -0.2) is 4.79 Å². The van der Waals surface area contributed by atoms with Crippen LogP contribution in [0.15, 0.2) is 42.5 Å². The molecule has 0 aliphatic carbocycles. The number of amides is 1. The van der Waals surface area contributed by atoms with Crippen LogP contribution in [0.2, 0.25) is 10.0 Å². The monoisotopic (exact) mass is 450 g/mol. The number of hydrogen-bond donors (Lipinski definition) is 1. The Kier molecular flexibility index (Phi) is 7.72. The molecule has 1 heterocycles. The van der Waals surface area contributed by atoms with E-state index in [1.165, 1.54) is 6.07 Å². The van der Waals surface area contributed by atoms with E-state index in [0.717, 1.165) is 25.2 Å². The second-order valence-corrected chi connectivity index (χ2v) is 8.24. The lowest BCUT2D eigenvalue weighted by atomic mass is 10.1. The number of rotatable bonds is 6. The Balaban J connectivity index is 1.49. The van der Waals surface area contributed by atoms with Crippen LogP contribution in [0.4, 0.5) is 5.69 Å². The van der Waals surface area contributed by atoms with Crippen molar-refractivity contribution >= 4 is 40.8 Å². The van der Waals surface area contributed by atoms with E-state index in [4.69, 9.17) is 32.7 Å². The van der Waals surface area contributed by atoms with Crippen molar-refractivity contribution in [2.24, 2.45) is 0 Å². The highest BCUT2D eigenvalue weighted by Gasteiger charge is 2.22. The van der Waals surface area contributed by atoms with Crippen molar-refractivity contribution in [3.05, 3.63) is 63.6 Å². The average molecular weight is 451 g/mol. The molecule has 1 aliphatic heterocycles. The lowest BCUT2D eigenvalue weighted by Gasteiger charge is -2.35. The Morgan fingerprint density at radius 1 is 1.10 bits per heavy atom. The van der Waals surface area contributed by atoms with Gasteiger partial charge in [-0.3, -0.25) is 9.69 Å². The van der Waals surface area contributed by atoms with E-state index in [1.54, 1.807) is 24.3 Å². The number of benzene rings is 2. The summed E-state index contributed by atoms with van der Waals surface area (Å²) in [6.45, 7) is 6.25. The number of esters is 1. The van der Waals surface area contributed by atoms with Crippen LogP contribution in [-0.4, -0.2) is 48.7 Å². The van der Waals surface area contributed by atoms with E-state index in [2.05, 4.69) is 24.1 Å². The molecule has 160 valence electrons. The van der Waals surface area contributed by atoms with Crippen LogP contribution >= 0.6 is 23.2 Å². The molecular formula is C22H24Cl2N2O4. The predicted molar refractivity (Wildman–Crippen MR) is 117 cm³/mol. The molecule has 1 amide bonds. The van der Waals surface area contributed by atoms with Gasteiger partial charge in [-0.1, -0.05) is 35.3 Å². The van der Waals surface area contributed by atoms with Crippen molar-refractivity contribution in [2.75, 3.05) is 25.0 Å². The Bertz CT molecular complexity index is 895. The van der Waals surface area contributed by atoms with Crippen molar-refractivity contribution in [1.29, 1.82) is 0 Å². The predicted octanol–water partition coefficient (Wildman–Crippen LogP) is 4.40. The van der Waals surface area contributed by atoms with Crippen molar-refractivity contribution in [3.8, 4) is 0 Å². The Morgan fingerprint density at radius 3 is 2.43 bits per heavy atom. The molecule has 0 bridgehead atoms. The standard InChI is InChI=1S/C22H24Cl2N2O4/c1-14-10-26(11-15(2)30-14)12-16-3-5-17(6-4-16)22(28)29-13-21(27)25-20-9-18(23)7-8-19(20)24/h3-9,14-15H,10-13H2,1-2H3,(H,25,27). The molecule has 0 radical (unpaired) electrons. The molecule has 0 aromatic heterocycles. The van der Waals surface area contributed by atoms with Gasteiger partial charge in [-0.05, 0) is 49.7 Å². The minimum absolute atomic E-state index is 0.205. The number of carbonyl (C=O) groups is 2. The van der Waals surface area contributed by atoms with Crippen molar-refractivity contribution < 1.29 is 19.1 Å². The van der Waals surface area contributed by atoms with E-state index in [9.17, 15) is 9.59 Å². The lowest BCUT2D eigenvalue weighted by molar-refractivity contribution is -0.119. The van der Waals surface area contributed by atoms with Crippen LogP contribution in [0.5, 0.6) is 0 Å². The molecule has 2 atom stereocenters. The number of halogens is 2. The topological polar surface area (TPSA) is 67.9 Å². The van der Waals surface area contributed by atoms with Gasteiger partial charge in [-0.2, -0.15) is 0 Å². The SMILES string of the molecule is CC1CN(Cc2ccc(C(=O)OCC(=O)Nc3cc(Cl)ccc3Cl)cc2)CC(C)O1. The lowest BCUT2D eigenvalue weighted by Crippen LogP contribution is -2.44. The minimum Gasteiger partial charge on any atom is -0.452 e. The fraction of sp³-hybridized carbons (Fsp3) is 0.364. The van der Waals surface area contributed by atoms with Gasteiger partial charge in [0.25, 0.3) is 5.91 Å². The molecule has 1 saturated heterocycles. The molecule has 1 fully saturated rings. The first-order valence-corrected chi connectivity index (χ1v) is 10.4. The van der Waals surface area contributed by atoms with Crippen LogP contribution in [0, 0.1) is 0 Å². The zero-order chi connectivity index (χ0) is 21.7. The van der Waals surface area contributed by atoms with E-state index < -0.39 is 18.5 Å². The van der Waals surface area contributed by atoms with Crippen LogP contribution in [0.25, 0.3) is 0 Å². The quantitative estimate of drug-likeness (QED) is 0.660. The fourth-order valence-corrected chi connectivity index (χ4v) is 3.75. The molecule has 6 nitrogen and oxygen atoms in total. The zero-order valence-corrected chi connectivity index (χ0v) is 18.4. The first kappa shape index (κ1) is 22.6. The number of nitrogens with zero attached hydrogens (tertiary/aromatic N) is 1. The Hall–Kier alpha value is -2.12. The highest BCUT2D eigenvalue weighted by Crippen LogP contribution is 2.25. The number of ether oxygens (including phenoxy) is 2. The molecule has 30 heavy (non-hydrogen) atoms. The molecule has 2 aromatic carbocycles. The molecular weight excluding hydrogens is 427 g/mol. The zero-order valence-electron chi connectivity index (χ0n) is 16.9. The third kappa shape index (κ3) is 6.44. The summed E-state index contributed by atoms with van der Waals surface area (Å²) in [4.78, 5) is 26.6. The number of anilines is 1. The van der Waals surface area contributed by atoms with Crippen molar-refractivity contribution in [2.45, 2.75) is 32.6 Å². The van der Waals surface area contributed by atoms with Crippen molar-refractivity contribution in [3.63, 3.8) is 0 Å². The highest BCUT2D eigenvalue weighted by atomic mass is 35.5. The summed E-state index contributed by atoms with van der Waals surface area (Å²) >= 11 is 11.9. The first-order valence-electron chi connectivity index (χ1n) is 9.69. The Morgan fingerprint density at radius 2 is 1.77 bits per heavy atom. The van der Waals surface area contributed by atoms with Crippen LogP contribution in [0.1, 0.15) is 29.8 Å². The minimum atomic E-state index is -0.567. The highest BCUT2D eigenvalue weighted by molar-refractivity contribution is 6.35. The molecule has 2 aromatic rings. The molecule has 0 spiro atoms. The molecule has 1 aliphatic rings. The van der Waals surface area contributed by atoms with Gasteiger partial charge < -0.3 is 14.8 Å². The summed E-state index contributed by atoms with van der Waals surface area (Å²) in [5.74, 6) is -1.07.